The van der Waals surface area contributed by atoms with Gasteiger partial charge in [-0.05, 0) is 33.1 Å². The fraction of sp³-hybridized carbons (Fsp3) is 0.923. The Morgan fingerprint density at radius 3 is 1.40 bits per heavy atom. The lowest BCUT2D eigenvalue weighted by Gasteiger charge is -2.27. The molecule has 0 saturated carbocycles. The quantitative estimate of drug-likeness (QED) is 0.113. The summed E-state index contributed by atoms with van der Waals surface area (Å²) in [4.78, 5) is 25.0. The summed E-state index contributed by atoms with van der Waals surface area (Å²) >= 11 is 0. The van der Waals surface area contributed by atoms with Gasteiger partial charge in [0.15, 0.2) is 5.41 Å². The van der Waals surface area contributed by atoms with Gasteiger partial charge in [-0.2, -0.15) is 0 Å². The minimum Gasteiger partial charge on any atom is -0.465 e. The molecule has 0 bridgehead atoms. The fourth-order valence-electron chi connectivity index (χ4n) is 3.84. The van der Waals surface area contributed by atoms with Crippen LogP contribution >= 0.6 is 0 Å². The van der Waals surface area contributed by atoms with Gasteiger partial charge in [-0.15, -0.1) is 0 Å². The molecule has 0 saturated heterocycles. The smallest absolute Gasteiger partial charge is 0.323 e. The van der Waals surface area contributed by atoms with Crippen molar-refractivity contribution in [3.05, 3.63) is 0 Å². The molecule has 0 aromatic carbocycles. The van der Waals surface area contributed by atoms with Gasteiger partial charge in [0.25, 0.3) is 0 Å². The lowest BCUT2D eigenvalue weighted by Crippen LogP contribution is -2.42. The average molecular weight is 427 g/mol. The lowest BCUT2D eigenvalue weighted by molar-refractivity contribution is -0.175. The van der Waals surface area contributed by atoms with E-state index in [0.717, 1.165) is 12.8 Å². The Hall–Kier alpha value is -1.06. The summed E-state index contributed by atoms with van der Waals surface area (Å²) in [5, 5.41) is 0. The molecule has 0 radical (unpaired) electrons. The van der Waals surface area contributed by atoms with Gasteiger partial charge in [0.2, 0.25) is 0 Å². The third-order valence-electron chi connectivity index (χ3n) is 6.06. The predicted octanol–water partition coefficient (Wildman–Crippen LogP) is 7.77. The molecule has 0 aliphatic heterocycles. The second-order valence-electron chi connectivity index (χ2n) is 8.98. The number of rotatable bonds is 20. The minimum atomic E-state index is -1.15. The van der Waals surface area contributed by atoms with Crippen LogP contribution < -0.4 is 0 Å². The minimum absolute atomic E-state index is 0.228. The summed E-state index contributed by atoms with van der Waals surface area (Å²) in [5.74, 6) is -0.874. The van der Waals surface area contributed by atoms with Gasteiger partial charge >= 0.3 is 11.9 Å². The van der Waals surface area contributed by atoms with Gasteiger partial charge in [0.1, 0.15) is 0 Å². The van der Waals surface area contributed by atoms with Crippen LogP contribution in [0.3, 0.4) is 0 Å². The van der Waals surface area contributed by atoms with E-state index < -0.39 is 17.4 Å². The molecule has 0 spiro atoms. The van der Waals surface area contributed by atoms with E-state index in [4.69, 9.17) is 9.47 Å². The molecule has 30 heavy (non-hydrogen) atoms. The van der Waals surface area contributed by atoms with Gasteiger partial charge < -0.3 is 9.47 Å². The van der Waals surface area contributed by atoms with Crippen LogP contribution in [0.4, 0.5) is 0 Å². The van der Waals surface area contributed by atoms with Crippen LogP contribution in [0.5, 0.6) is 0 Å². The fourth-order valence-corrected chi connectivity index (χ4v) is 3.84. The SMILES string of the molecule is CCCCCCCCCCCCCCCCOC(=O)C(CC)(CC)C(=O)OC(C)C. The normalized spacial score (nSPS) is 11.7. The molecule has 0 heterocycles. The van der Waals surface area contributed by atoms with Crippen LogP contribution in [0.1, 0.15) is 137 Å². The molecule has 0 fully saturated rings. The topological polar surface area (TPSA) is 52.6 Å². The lowest BCUT2D eigenvalue weighted by atomic mass is 9.82. The van der Waals surface area contributed by atoms with Crippen LogP contribution in [-0.4, -0.2) is 24.6 Å². The van der Waals surface area contributed by atoms with Crippen molar-refractivity contribution in [1.82, 2.24) is 0 Å². The van der Waals surface area contributed by atoms with Crippen molar-refractivity contribution in [3.8, 4) is 0 Å². The van der Waals surface area contributed by atoms with E-state index in [1.807, 2.05) is 13.8 Å². The van der Waals surface area contributed by atoms with Crippen LogP contribution in [0.25, 0.3) is 0 Å². The van der Waals surface area contributed by atoms with E-state index in [0.29, 0.717) is 19.4 Å². The predicted molar refractivity (Wildman–Crippen MR) is 126 cm³/mol. The van der Waals surface area contributed by atoms with Crippen molar-refractivity contribution < 1.29 is 19.1 Å². The van der Waals surface area contributed by atoms with Crippen molar-refractivity contribution in [2.45, 2.75) is 143 Å². The largest absolute Gasteiger partial charge is 0.465 e. The van der Waals surface area contributed by atoms with Crippen LogP contribution in [0.2, 0.25) is 0 Å². The van der Waals surface area contributed by atoms with E-state index in [9.17, 15) is 9.59 Å². The molecular formula is C26H50O4. The monoisotopic (exact) mass is 426 g/mol. The summed E-state index contributed by atoms with van der Waals surface area (Å²) in [6.07, 6.45) is 18.7. The molecule has 0 aromatic heterocycles. The Morgan fingerprint density at radius 2 is 1.03 bits per heavy atom. The van der Waals surface area contributed by atoms with Crippen molar-refractivity contribution in [1.29, 1.82) is 0 Å². The van der Waals surface area contributed by atoms with Gasteiger partial charge in [-0.25, -0.2) is 0 Å². The highest BCUT2D eigenvalue weighted by atomic mass is 16.6. The van der Waals surface area contributed by atoms with Gasteiger partial charge in [0, 0.05) is 0 Å². The number of hydrogen-bond donors (Lipinski definition) is 0. The first-order chi connectivity index (χ1) is 14.4. The van der Waals surface area contributed by atoms with E-state index in [-0.39, 0.29) is 6.10 Å². The van der Waals surface area contributed by atoms with Crippen LogP contribution in [-0.2, 0) is 19.1 Å². The molecule has 0 aliphatic rings. The number of ether oxygens (including phenoxy) is 2. The molecule has 4 nitrogen and oxygen atoms in total. The van der Waals surface area contributed by atoms with Gasteiger partial charge in [-0.3, -0.25) is 9.59 Å². The first-order valence-corrected chi connectivity index (χ1v) is 12.8. The molecule has 4 heteroatoms. The van der Waals surface area contributed by atoms with E-state index in [2.05, 4.69) is 6.92 Å². The standard InChI is InChI=1S/C26H50O4/c1-6-9-10-11-12-13-14-15-16-17-18-19-20-21-22-29-24(27)26(7-2,8-3)25(28)30-23(4)5/h23H,6-22H2,1-5H3. The van der Waals surface area contributed by atoms with Crippen molar-refractivity contribution in [2.75, 3.05) is 6.61 Å². The maximum atomic E-state index is 12.6. The molecular weight excluding hydrogens is 376 g/mol. The highest BCUT2D eigenvalue weighted by Crippen LogP contribution is 2.30. The summed E-state index contributed by atoms with van der Waals surface area (Å²) in [6.45, 7) is 9.95. The number of carbonyl (C=O) groups excluding carboxylic acids is 2. The van der Waals surface area contributed by atoms with Crippen molar-refractivity contribution in [2.24, 2.45) is 5.41 Å². The maximum Gasteiger partial charge on any atom is 0.323 e. The first kappa shape index (κ1) is 28.9. The number of hydrogen-bond acceptors (Lipinski definition) is 4. The number of esters is 2. The highest BCUT2D eigenvalue weighted by Gasteiger charge is 2.46. The Balaban J connectivity index is 3.75. The molecule has 0 atom stereocenters. The second kappa shape index (κ2) is 18.7. The molecule has 0 aromatic rings. The van der Waals surface area contributed by atoms with Gasteiger partial charge in [0.05, 0.1) is 12.7 Å². The Kier molecular flexibility index (Phi) is 18.0. The third kappa shape index (κ3) is 12.6. The number of carbonyl (C=O) groups is 2. The zero-order valence-electron chi connectivity index (χ0n) is 20.7. The molecule has 0 amide bonds. The summed E-state index contributed by atoms with van der Waals surface area (Å²) in [5.41, 5.74) is -1.15. The first-order valence-electron chi connectivity index (χ1n) is 12.8. The zero-order valence-corrected chi connectivity index (χ0v) is 20.7. The molecule has 0 N–H and O–H groups in total. The van der Waals surface area contributed by atoms with Crippen molar-refractivity contribution in [3.63, 3.8) is 0 Å². The Bertz CT molecular complexity index is 427. The Morgan fingerprint density at radius 1 is 0.633 bits per heavy atom. The maximum absolute atomic E-state index is 12.6. The molecule has 0 aliphatic carbocycles. The van der Waals surface area contributed by atoms with E-state index >= 15 is 0 Å². The number of unbranched alkanes of at least 4 members (excludes halogenated alkanes) is 13. The van der Waals surface area contributed by atoms with Crippen LogP contribution in [0.15, 0.2) is 0 Å². The van der Waals surface area contributed by atoms with Crippen LogP contribution in [0, 0.1) is 5.41 Å². The summed E-state index contributed by atoms with van der Waals surface area (Å²) in [6, 6.07) is 0. The summed E-state index contributed by atoms with van der Waals surface area (Å²) in [7, 11) is 0. The molecule has 0 rings (SSSR count). The van der Waals surface area contributed by atoms with E-state index in [1.165, 1.54) is 77.0 Å². The van der Waals surface area contributed by atoms with Crippen molar-refractivity contribution >= 4 is 11.9 Å². The van der Waals surface area contributed by atoms with E-state index in [1.54, 1.807) is 13.8 Å². The average Bonchev–Trinajstić information content (AvgIpc) is 2.71. The second-order valence-corrected chi connectivity index (χ2v) is 8.98. The summed E-state index contributed by atoms with van der Waals surface area (Å²) < 4.78 is 10.8. The molecule has 0 unspecified atom stereocenters. The Labute approximate surface area is 186 Å². The zero-order chi connectivity index (χ0) is 22.7. The van der Waals surface area contributed by atoms with Gasteiger partial charge in [-0.1, -0.05) is 104 Å². The molecule has 178 valence electrons. The highest BCUT2D eigenvalue weighted by molar-refractivity contribution is 6.00. The third-order valence-corrected chi connectivity index (χ3v) is 6.06.